The Bertz CT molecular complexity index is 632. The second kappa shape index (κ2) is 14.4. The van der Waals surface area contributed by atoms with Gasteiger partial charge in [-0.2, -0.15) is 0 Å². The van der Waals surface area contributed by atoms with Crippen LogP contribution in [0, 0.1) is 17.8 Å². The Hall–Kier alpha value is -1.22. The topological polar surface area (TPSA) is 94.3 Å². The first-order valence-corrected chi connectivity index (χ1v) is 12.9. The van der Waals surface area contributed by atoms with E-state index < -0.39 is 12.0 Å². The first-order valence-electron chi connectivity index (χ1n) is 12.9. The summed E-state index contributed by atoms with van der Waals surface area (Å²) >= 11 is 0. The van der Waals surface area contributed by atoms with Gasteiger partial charge in [0, 0.05) is 38.9 Å². The summed E-state index contributed by atoms with van der Waals surface area (Å²) in [6.07, 6.45) is 2.27. The van der Waals surface area contributed by atoms with Crippen LogP contribution in [-0.4, -0.2) is 93.0 Å². The standard InChI is InChI=1S/C26H51N3O5/c1-11-17(4)24(28(7)19(6)23(27)16(2)3)21(32-8)15-22(30)29-14-12-13-20(29)25(33-9)18(5)26(31)34-10/h16-21,23-25H,11-15,27H2,1-10H3/t17-,18+,19?,20-,21+,23-,24-,25+/m0/s1. The predicted molar refractivity (Wildman–Crippen MR) is 135 cm³/mol. The zero-order valence-corrected chi connectivity index (χ0v) is 23.2. The van der Waals surface area contributed by atoms with E-state index in [0.717, 1.165) is 19.3 Å². The Morgan fingerprint density at radius 1 is 1.09 bits per heavy atom. The van der Waals surface area contributed by atoms with Gasteiger partial charge >= 0.3 is 5.97 Å². The highest BCUT2D eigenvalue weighted by molar-refractivity contribution is 5.78. The molecule has 0 aromatic rings. The van der Waals surface area contributed by atoms with Crippen molar-refractivity contribution in [2.75, 3.05) is 34.9 Å². The molecule has 1 unspecified atom stereocenters. The van der Waals surface area contributed by atoms with E-state index in [0.29, 0.717) is 18.4 Å². The van der Waals surface area contributed by atoms with Crippen LogP contribution >= 0.6 is 0 Å². The Morgan fingerprint density at radius 2 is 1.71 bits per heavy atom. The summed E-state index contributed by atoms with van der Waals surface area (Å²) < 4.78 is 16.6. The van der Waals surface area contributed by atoms with Gasteiger partial charge in [-0.15, -0.1) is 0 Å². The fraction of sp³-hybridized carbons (Fsp3) is 0.923. The maximum Gasteiger partial charge on any atom is 0.311 e. The number of nitrogens with zero attached hydrogens (tertiary/aromatic N) is 2. The molecule has 1 heterocycles. The minimum Gasteiger partial charge on any atom is -0.469 e. The van der Waals surface area contributed by atoms with Gasteiger partial charge in [0.15, 0.2) is 0 Å². The van der Waals surface area contributed by atoms with Gasteiger partial charge in [0.2, 0.25) is 5.91 Å². The highest BCUT2D eigenvalue weighted by Crippen LogP contribution is 2.30. The van der Waals surface area contributed by atoms with Crippen molar-refractivity contribution >= 4 is 11.9 Å². The van der Waals surface area contributed by atoms with Crippen LogP contribution in [0.25, 0.3) is 0 Å². The molecule has 1 saturated heterocycles. The average Bonchev–Trinajstić information content (AvgIpc) is 3.31. The molecule has 1 aliphatic heterocycles. The number of likely N-dealkylation sites (N-methyl/N-ethyl adjacent to an activating group) is 1. The lowest BCUT2D eigenvalue weighted by Gasteiger charge is -2.43. The number of rotatable bonds is 14. The van der Waals surface area contributed by atoms with Crippen LogP contribution in [0.2, 0.25) is 0 Å². The number of carbonyl (C=O) groups is 2. The van der Waals surface area contributed by atoms with Gasteiger partial charge in [0.05, 0.1) is 37.7 Å². The molecule has 0 radical (unpaired) electrons. The number of likely N-dealkylation sites (tertiary alicyclic amines) is 1. The van der Waals surface area contributed by atoms with E-state index in [-0.39, 0.29) is 48.6 Å². The Balaban J connectivity index is 3.10. The van der Waals surface area contributed by atoms with Crippen LogP contribution in [0.5, 0.6) is 0 Å². The Kier molecular flexibility index (Phi) is 13.0. The molecule has 0 aromatic carbocycles. The molecule has 8 atom stereocenters. The fourth-order valence-electron chi connectivity index (χ4n) is 5.46. The number of esters is 1. The zero-order valence-electron chi connectivity index (χ0n) is 23.2. The van der Waals surface area contributed by atoms with E-state index in [9.17, 15) is 9.59 Å². The Morgan fingerprint density at radius 3 is 2.18 bits per heavy atom. The van der Waals surface area contributed by atoms with Crippen molar-refractivity contribution in [3.05, 3.63) is 0 Å². The van der Waals surface area contributed by atoms with Crippen LogP contribution in [0.4, 0.5) is 0 Å². The summed E-state index contributed by atoms with van der Waals surface area (Å²) in [4.78, 5) is 29.9. The quantitative estimate of drug-likeness (QED) is 0.378. The highest BCUT2D eigenvalue weighted by atomic mass is 16.5. The smallest absolute Gasteiger partial charge is 0.311 e. The SMILES string of the molecule is CC[C@H](C)[C@@H]([C@@H](CC(=O)N1CCC[C@H]1[C@H](OC)[C@@H](C)C(=O)OC)OC)N(C)C(C)[C@@H](N)C(C)C. The van der Waals surface area contributed by atoms with Gasteiger partial charge in [-0.1, -0.05) is 34.1 Å². The summed E-state index contributed by atoms with van der Waals surface area (Å²) in [6.45, 7) is 13.3. The number of hydrogen-bond acceptors (Lipinski definition) is 7. The molecule has 0 aromatic heterocycles. The van der Waals surface area contributed by atoms with Gasteiger partial charge in [0.1, 0.15) is 0 Å². The van der Waals surface area contributed by atoms with Gasteiger partial charge in [0.25, 0.3) is 0 Å². The molecular formula is C26H51N3O5. The van der Waals surface area contributed by atoms with Crippen LogP contribution in [0.1, 0.15) is 67.2 Å². The largest absolute Gasteiger partial charge is 0.469 e. The zero-order chi connectivity index (χ0) is 26.2. The van der Waals surface area contributed by atoms with Crippen molar-refractivity contribution in [1.82, 2.24) is 9.80 Å². The summed E-state index contributed by atoms with van der Waals surface area (Å²) in [5.41, 5.74) is 6.50. The number of nitrogens with two attached hydrogens (primary N) is 1. The molecule has 200 valence electrons. The molecule has 2 N–H and O–H groups in total. The van der Waals surface area contributed by atoms with Crippen molar-refractivity contribution in [2.24, 2.45) is 23.5 Å². The number of hydrogen-bond donors (Lipinski definition) is 1. The van der Waals surface area contributed by atoms with E-state index in [1.165, 1.54) is 7.11 Å². The van der Waals surface area contributed by atoms with Crippen LogP contribution < -0.4 is 5.73 Å². The third-order valence-electron chi connectivity index (χ3n) is 8.06. The summed E-state index contributed by atoms with van der Waals surface area (Å²) in [7, 11) is 6.76. The molecule has 1 rings (SSSR count). The molecule has 0 saturated carbocycles. The monoisotopic (exact) mass is 485 g/mol. The number of amides is 1. The van der Waals surface area contributed by atoms with Crippen molar-refractivity contribution in [2.45, 2.75) is 104 Å². The predicted octanol–water partition coefficient (Wildman–Crippen LogP) is 2.92. The Labute approximate surface area is 207 Å². The summed E-state index contributed by atoms with van der Waals surface area (Å²) in [6, 6.07) is 0.0595. The van der Waals surface area contributed by atoms with E-state index in [1.54, 1.807) is 21.1 Å². The number of carbonyl (C=O) groups excluding carboxylic acids is 2. The first-order chi connectivity index (χ1) is 16.0. The van der Waals surface area contributed by atoms with Crippen molar-refractivity contribution in [3.8, 4) is 0 Å². The molecule has 1 amide bonds. The van der Waals surface area contributed by atoms with Crippen LogP contribution in [0.15, 0.2) is 0 Å². The van der Waals surface area contributed by atoms with Crippen LogP contribution in [0.3, 0.4) is 0 Å². The minimum atomic E-state index is -0.455. The lowest BCUT2D eigenvalue weighted by Crippen LogP contribution is -2.57. The van der Waals surface area contributed by atoms with Gasteiger partial charge in [-0.3, -0.25) is 14.5 Å². The molecular weight excluding hydrogens is 434 g/mol. The van der Waals surface area contributed by atoms with E-state index in [4.69, 9.17) is 19.9 Å². The maximum atomic E-state index is 13.6. The van der Waals surface area contributed by atoms with Crippen molar-refractivity contribution in [1.29, 1.82) is 0 Å². The second-order valence-corrected chi connectivity index (χ2v) is 10.4. The van der Waals surface area contributed by atoms with Gasteiger partial charge < -0.3 is 24.8 Å². The molecule has 0 spiro atoms. The molecule has 1 aliphatic rings. The summed E-state index contributed by atoms with van der Waals surface area (Å²) in [5, 5.41) is 0. The third-order valence-corrected chi connectivity index (χ3v) is 8.06. The second-order valence-electron chi connectivity index (χ2n) is 10.4. The normalized spacial score (nSPS) is 22.9. The van der Waals surface area contributed by atoms with Crippen molar-refractivity contribution in [3.63, 3.8) is 0 Å². The molecule has 0 bridgehead atoms. The van der Waals surface area contributed by atoms with Gasteiger partial charge in [-0.05, 0) is 45.6 Å². The molecule has 0 aliphatic carbocycles. The molecule has 8 nitrogen and oxygen atoms in total. The highest BCUT2D eigenvalue weighted by Gasteiger charge is 2.42. The average molecular weight is 486 g/mol. The van der Waals surface area contributed by atoms with E-state index >= 15 is 0 Å². The first kappa shape index (κ1) is 30.8. The minimum absolute atomic E-state index is 0.0231. The third kappa shape index (κ3) is 7.39. The van der Waals surface area contributed by atoms with Gasteiger partial charge in [-0.25, -0.2) is 0 Å². The molecule has 34 heavy (non-hydrogen) atoms. The van der Waals surface area contributed by atoms with Crippen molar-refractivity contribution < 1.29 is 23.8 Å². The maximum absolute atomic E-state index is 13.6. The lowest BCUT2D eigenvalue weighted by molar-refractivity contribution is -0.154. The number of ether oxygens (including phenoxy) is 3. The van der Waals surface area contributed by atoms with Crippen LogP contribution in [-0.2, 0) is 23.8 Å². The molecule has 8 heteroatoms. The van der Waals surface area contributed by atoms with E-state index in [1.807, 2.05) is 4.90 Å². The van der Waals surface area contributed by atoms with E-state index in [2.05, 4.69) is 46.6 Å². The lowest BCUT2D eigenvalue weighted by atomic mass is 9.87. The fourth-order valence-corrected chi connectivity index (χ4v) is 5.46. The molecule has 1 fully saturated rings. The number of methoxy groups -OCH3 is 3. The summed E-state index contributed by atoms with van der Waals surface area (Å²) in [5.74, 6) is -0.0642.